The van der Waals surface area contributed by atoms with E-state index >= 15 is 0 Å². The smallest absolute Gasteiger partial charge is 0.381 e. The number of carbonyl (C=O) groups is 2. The second-order valence-electron chi connectivity index (χ2n) is 10.3. The van der Waals surface area contributed by atoms with Gasteiger partial charge in [0.2, 0.25) is 0 Å². The monoisotopic (exact) mass is 647 g/mol. The molecular formula is C28H28F3N7O6S. The number of amides is 2. The van der Waals surface area contributed by atoms with Crippen LogP contribution in [0.1, 0.15) is 45.7 Å². The summed E-state index contributed by atoms with van der Waals surface area (Å²) in [5.74, 6) is -3.72. The maximum atomic E-state index is 13.5. The Labute approximate surface area is 255 Å². The average molecular weight is 648 g/mol. The Morgan fingerprint density at radius 3 is 2.53 bits per heavy atom. The van der Waals surface area contributed by atoms with E-state index in [9.17, 15) is 31.2 Å². The highest BCUT2D eigenvalue weighted by Crippen LogP contribution is 2.26. The van der Waals surface area contributed by atoms with Crippen molar-refractivity contribution in [1.29, 1.82) is 0 Å². The van der Waals surface area contributed by atoms with Gasteiger partial charge in [-0.25, -0.2) is 14.6 Å². The van der Waals surface area contributed by atoms with Crippen molar-refractivity contribution in [3.63, 3.8) is 0 Å². The van der Waals surface area contributed by atoms with Gasteiger partial charge in [-0.2, -0.15) is 21.6 Å². The standard InChI is InChI=1S/C28H28F3N7O6S/c29-28(30,31)9-14-45(41,42)44-23-16-32-25(24(35-23)27(40)33-15-18-7-12-43-13-8-18)36-26(39)22-6-5-19(17-38-11-10-34-37-38)20-3-1-2-4-21(20)22/h1-6,10-11,16,18H,7-9,12-15,17H2,(H,33,40)(H,32,36,39). The summed E-state index contributed by atoms with van der Waals surface area (Å²) in [6, 6.07) is 10.5. The number of carbonyl (C=O) groups excluding carboxylic acids is 2. The molecule has 17 heteroatoms. The molecule has 1 aliphatic rings. The maximum absolute atomic E-state index is 13.5. The molecule has 0 radical (unpaired) electrons. The summed E-state index contributed by atoms with van der Waals surface area (Å²) in [7, 11) is -4.73. The molecule has 2 amide bonds. The van der Waals surface area contributed by atoms with Gasteiger partial charge in [-0.15, -0.1) is 5.10 Å². The molecule has 1 aliphatic heterocycles. The van der Waals surface area contributed by atoms with Crippen molar-refractivity contribution in [1.82, 2.24) is 30.3 Å². The summed E-state index contributed by atoms with van der Waals surface area (Å²) in [5, 5.41) is 14.4. The Balaban J connectivity index is 1.41. The lowest BCUT2D eigenvalue weighted by Crippen LogP contribution is -2.33. The van der Waals surface area contributed by atoms with Gasteiger partial charge in [0.1, 0.15) is 0 Å². The first-order valence-electron chi connectivity index (χ1n) is 13.9. The molecule has 238 valence electrons. The summed E-state index contributed by atoms with van der Waals surface area (Å²) in [6.07, 6.45) is -0.902. The van der Waals surface area contributed by atoms with Crippen molar-refractivity contribution in [3.8, 4) is 5.88 Å². The predicted molar refractivity (Wildman–Crippen MR) is 154 cm³/mol. The van der Waals surface area contributed by atoms with Crippen LogP contribution in [0.15, 0.2) is 55.0 Å². The van der Waals surface area contributed by atoms with E-state index in [0.29, 0.717) is 38.0 Å². The van der Waals surface area contributed by atoms with Crippen LogP contribution < -0.4 is 14.8 Å². The Morgan fingerprint density at radius 2 is 1.82 bits per heavy atom. The lowest BCUT2D eigenvalue weighted by atomic mass is 9.99. The molecule has 0 spiro atoms. The number of rotatable bonds is 11. The fourth-order valence-corrected chi connectivity index (χ4v) is 5.62. The van der Waals surface area contributed by atoms with E-state index in [4.69, 9.17) is 8.92 Å². The lowest BCUT2D eigenvalue weighted by molar-refractivity contribution is -0.130. The molecule has 13 nitrogen and oxygen atoms in total. The van der Waals surface area contributed by atoms with E-state index in [1.54, 1.807) is 41.3 Å². The van der Waals surface area contributed by atoms with Gasteiger partial charge < -0.3 is 19.6 Å². The van der Waals surface area contributed by atoms with Crippen LogP contribution in [0.3, 0.4) is 0 Å². The third-order valence-corrected chi connectivity index (χ3v) is 8.13. The van der Waals surface area contributed by atoms with E-state index in [1.165, 1.54) is 0 Å². The zero-order valence-electron chi connectivity index (χ0n) is 23.7. The minimum absolute atomic E-state index is 0.110. The molecular weight excluding hydrogens is 619 g/mol. The number of ether oxygens (including phenoxy) is 1. The Morgan fingerprint density at radius 1 is 1.07 bits per heavy atom. The highest BCUT2D eigenvalue weighted by atomic mass is 32.2. The molecule has 0 unspecified atom stereocenters. The minimum atomic E-state index is -4.73. The largest absolute Gasteiger partial charge is 0.390 e. The van der Waals surface area contributed by atoms with Gasteiger partial charge in [0.25, 0.3) is 17.7 Å². The van der Waals surface area contributed by atoms with Gasteiger partial charge in [-0.1, -0.05) is 35.5 Å². The van der Waals surface area contributed by atoms with Crippen molar-refractivity contribution in [2.24, 2.45) is 5.92 Å². The summed E-state index contributed by atoms with van der Waals surface area (Å²) in [4.78, 5) is 34.7. The molecule has 3 heterocycles. The van der Waals surface area contributed by atoms with Crippen molar-refractivity contribution < 1.29 is 40.1 Å². The molecule has 0 aliphatic carbocycles. The highest BCUT2D eigenvalue weighted by Gasteiger charge is 2.31. The van der Waals surface area contributed by atoms with Gasteiger partial charge in [0, 0.05) is 31.5 Å². The molecule has 2 aromatic heterocycles. The van der Waals surface area contributed by atoms with Crippen LogP contribution in [0.25, 0.3) is 10.8 Å². The van der Waals surface area contributed by atoms with Gasteiger partial charge >= 0.3 is 16.3 Å². The van der Waals surface area contributed by atoms with Crippen molar-refractivity contribution in [3.05, 3.63) is 71.8 Å². The fraction of sp³-hybridized carbons (Fsp3) is 0.357. The number of alkyl halides is 3. The topological polar surface area (TPSA) is 167 Å². The zero-order chi connectivity index (χ0) is 32.0. The molecule has 1 saturated heterocycles. The summed E-state index contributed by atoms with van der Waals surface area (Å²) < 4.78 is 73.8. The Kier molecular flexibility index (Phi) is 9.57. The van der Waals surface area contributed by atoms with Crippen LogP contribution >= 0.6 is 0 Å². The third kappa shape index (κ3) is 8.51. The number of anilines is 1. The number of halogens is 3. The molecule has 0 bridgehead atoms. The number of hydrogen-bond acceptors (Lipinski definition) is 10. The van der Waals surface area contributed by atoms with E-state index < -0.39 is 51.9 Å². The summed E-state index contributed by atoms with van der Waals surface area (Å²) in [5.41, 5.74) is 0.637. The Bertz CT molecular complexity index is 1780. The first-order valence-corrected chi connectivity index (χ1v) is 15.4. The maximum Gasteiger partial charge on any atom is 0.390 e. The van der Waals surface area contributed by atoms with Gasteiger partial charge in [0.05, 0.1) is 31.1 Å². The lowest BCUT2D eigenvalue weighted by Gasteiger charge is -2.22. The average Bonchev–Trinajstić information content (AvgIpc) is 3.53. The van der Waals surface area contributed by atoms with Crippen LogP contribution in [-0.2, 0) is 21.4 Å². The molecule has 2 N–H and O–H groups in total. The molecule has 5 rings (SSSR count). The van der Waals surface area contributed by atoms with Crippen molar-refractivity contribution in [2.75, 3.05) is 30.8 Å². The molecule has 45 heavy (non-hydrogen) atoms. The first-order chi connectivity index (χ1) is 21.5. The van der Waals surface area contributed by atoms with Crippen molar-refractivity contribution in [2.45, 2.75) is 32.0 Å². The van der Waals surface area contributed by atoms with E-state index in [1.807, 2.05) is 12.1 Å². The minimum Gasteiger partial charge on any atom is -0.381 e. The van der Waals surface area contributed by atoms with E-state index in [0.717, 1.165) is 17.1 Å². The third-order valence-electron chi connectivity index (χ3n) is 7.00. The Hall–Kier alpha value is -4.64. The highest BCUT2D eigenvalue weighted by molar-refractivity contribution is 7.87. The SMILES string of the molecule is O=C(NCC1CCOCC1)c1nc(OS(=O)(=O)CCC(F)(F)F)cnc1NC(=O)c1ccc(Cn2ccnn2)c2ccccc12. The number of nitrogens with one attached hydrogen (secondary N) is 2. The van der Waals surface area contributed by atoms with Gasteiger partial charge in [0.15, 0.2) is 11.5 Å². The molecule has 0 atom stereocenters. The second kappa shape index (κ2) is 13.6. The van der Waals surface area contributed by atoms with Crippen LogP contribution in [-0.4, -0.2) is 76.9 Å². The normalized spacial score (nSPS) is 14.3. The number of benzene rings is 2. The van der Waals surface area contributed by atoms with E-state index in [-0.39, 0.29) is 23.8 Å². The summed E-state index contributed by atoms with van der Waals surface area (Å²) in [6.45, 7) is 1.71. The first kappa shape index (κ1) is 31.8. The molecule has 0 saturated carbocycles. The quantitative estimate of drug-likeness (QED) is 0.231. The zero-order valence-corrected chi connectivity index (χ0v) is 24.5. The summed E-state index contributed by atoms with van der Waals surface area (Å²) >= 11 is 0. The van der Waals surface area contributed by atoms with Crippen LogP contribution in [0.5, 0.6) is 5.88 Å². The second-order valence-corrected chi connectivity index (χ2v) is 11.9. The van der Waals surface area contributed by atoms with Gasteiger partial charge in [-0.05, 0) is 41.2 Å². The predicted octanol–water partition coefficient (Wildman–Crippen LogP) is 3.34. The number of hydrogen-bond donors (Lipinski definition) is 2. The molecule has 2 aromatic carbocycles. The number of nitrogens with zero attached hydrogens (tertiary/aromatic N) is 5. The molecule has 1 fully saturated rings. The van der Waals surface area contributed by atoms with Crippen LogP contribution in [0.2, 0.25) is 0 Å². The van der Waals surface area contributed by atoms with Gasteiger partial charge in [-0.3, -0.25) is 9.59 Å². The fourth-order valence-electron chi connectivity index (χ4n) is 4.71. The van der Waals surface area contributed by atoms with Crippen LogP contribution in [0.4, 0.5) is 19.0 Å². The number of aromatic nitrogens is 5. The molecule has 4 aromatic rings. The number of fused-ring (bicyclic) bond motifs is 1. The van der Waals surface area contributed by atoms with Crippen molar-refractivity contribution >= 4 is 38.5 Å². The van der Waals surface area contributed by atoms with E-state index in [2.05, 4.69) is 30.9 Å². The van der Waals surface area contributed by atoms with Crippen LogP contribution in [0, 0.1) is 5.92 Å².